The number of methoxy groups -OCH3 is 1. The Balaban J connectivity index is 1.42. The summed E-state index contributed by atoms with van der Waals surface area (Å²) in [6.45, 7) is 0.387. The highest BCUT2D eigenvalue weighted by atomic mass is 32.2. The van der Waals surface area contributed by atoms with Crippen molar-refractivity contribution in [1.82, 2.24) is 15.5 Å². The Kier molecular flexibility index (Phi) is 6.86. The predicted molar refractivity (Wildman–Crippen MR) is 100 cm³/mol. The molecule has 1 aliphatic carbocycles. The van der Waals surface area contributed by atoms with E-state index in [1.807, 2.05) is 0 Å². The molecule has 144 valence electrons. The van der Waals surface area contributed by atoms with Crippen LogP contribution in [0.5, 0.6) is 0 Å². The standard InChI is InChI=1S/C19H23N3O4S/c1-25-18(24)15-9-7-13(8-10-15)11-20-16(23)12-27-19-22-21-17(26-19)14-5-3-2-4-6-14/h7-10,14H,2-6,11-12H2,1H3,(H,20,23). The number of nitrogens with one attached hydrogen (secondary N) is 1. The molecule has 7 nitrogen and oxygen atoms in total. The van der Waals surface area contributed by atoms with Crippen LogP contribution < -0.4 is 5.32 Å². The maximum absolute atomic E-state index is 12.0. The molecule has 0 saturated heterocycles. The number of nitrogens with zero attached hydrogens (tertiary/aromatic N) is 2. The van der Waals surface area contributed by atoms with Gasteiger partial charge in [0.15, 0.2) is 0 Å². The van der Waals surface area contributed by atoms with E-state index < -0.39 is 0 Å². The first-order chi connectivity index (χ1) is 13.2. The lowest BCUT2D eigenvalue weighted by Gasteiger charge is -2.17. The van der Waals surface area contributed by atoms with Crippen LogP contribution in [0.2, 0.25) is 0 Å². The van der Waals surface area contributed by atoms with E-state index in [9.17, 15) is 9.59 Å². The van der Waals surface area contributed by atoms with Gasteiger partial charge in [0, 0.05) is 12.5 Å². The minimum atomic E-state index is -0.380. The van der Waals surface area contributed by atoms with E-state index in [1.54, 1.807) is 24.3 Å². The summed E-state index contributed by atoms with van der Waals surface area (Å²) in [7, 11) is 1.34. The van der Waals surface area contributed by atoms with Crippen molar-refractivity contribution in [1.29, 1.82) is 0 Å². The number of aromatic nitrogens is 2. The second kappa shape index (κ2) is 9.55. The third-order valence-corrected chi connectivity index (χ3v) is 5.39. The molecule has 0 bridgehead atoms. The van der Waals surface area contributed by atoms with E-state index in [0.29, 0.717) is 29.1 Å². The molecule has 0 atom stereocenters. The van der Waals surface area contributed by atoms with Crippen LogP contribution >= 0.6 is 11.8 Å². The van der Waals surface area contributed by atoms with Crippen molar-refractivity contribution < 1.29 is 18.7 Å². The summed E-state index contributed by atoms with van der Waals surface area (Å²) >= 11 is 1.24. The molecule has 3 rings (SSSR count). The highest BCUT2D eigenvalue weighted by Gasteiger charge is 2.21. The van der Waals surface area contributed by atoms with Crippen LogP contribution in [-0.4, -0.2) is 34.9 Å². The fourth-order valence-electron chi connectivity index (χ4n) is 3.05. The lowest BCUT2D eigenvalue weighted by Crippen LogP contribution is -2.24. The molecule has 27 heavy (non-hydrogen) atoms. The molecule has 1 aromatic heterocycles. The van der Waals surface area contributed by atoms with Crippen LogP contribution in [0.15, 0.2) is 33.9 Å². The number of esters is 1. The summed E-state index contributed by atoms with van der Waals surface area (Å²) in [5.74, 6) is 0.779. The summed E-state index contributed by atoms with van der Waals surface area (Å²) in [5, 5.41) is 11.4. The minimum absolute atomic E-state index is 0.116. The molecule has 1 N–H and O–H groups in total. The molecule has 1 amide bonds. The minimum Gasteiger partial charge on any atom is -0.465 e. The molecule has 0 unspecified atom stereocenters. The Morgan fingerprint density at radius 2 is 1.93 bits per heavy atom. The summed E-state index contributed by atoms with van der Waals surface area (Å²) in [5.41, 5.74) is 1.38. The van der Waals surface area contributed by atoms with Crippen molar-refractivity contribution in [2.24, 2.45) is 0 Å². The van der Waals surface area contributed by atoms with Crippen LogP contribution in [0.25, 0.3) is 0 Å². The van der Waals surface area contributed by atoms with Crippen LogP contribution in [0, 0.1) is 0 Å². The number of rotatable bonds is 7. The van der Waals surface area contributed by atoms with E-state index in [0.717, 1.165) is 18.4 Å². The Morgan fingerprint density at radius 1 is 1.19 bits per heavy atom. The van der Waals surface area contributed by atoms with Crippen LogP contribution in [0.1, 0.15) is 59.8 Å². The van der Waals surface area contributed by atoms with E-state index in [-0.39, 0.29) is 17.6 Å². The smallest absolute Gasteiger partial charge is 0.337 e. The van der Waals surface area contributed by atoms with Gasteiger partial charge >= 0.3 is 5.97 Å². The molecule has 1 fully saturated rings. The van der Waals surface area contributed by atoms with Crippen molar-refractivity contribution in [3.05, 3.63) is 41.3 Å². The molecule has 1 saturated carbocycles. The average molecular weight is 389 g/mol. The molecule has 8 heteroatoms. The lowest BCUT2D eigenvalue weighted by atomic mass is 9.89. The Hall–Kier alpha value is -2.35. The Labute approximate surface area is 162 Å². The average Bonchev–Trinajstić information content (AvgIpc) is 3.20. The van der Waals surface area contributed by atoms with Gasteiger partial charge in [-0.3, -0.25) is 4.79 Å². The number of amides is 1. The number of thioether (sulfide) groups is 1. The second-order valence-electron chi connectivity index (χ2n) is 6.50. The summed E-state index contributed by atoms with van der Waals surface area (Å²) in [4.78, 5) is 23.4. The maximum atomic E-state index is 12.0. The van der Waals surface area contributed by atoms with Gasteiger partial charge in [0.2, 0.25) is 11.8 Å². The zero-order valence-corrected chi connectivity index (χ0v) is 16.1. The van der Waals surface area contributed by atoms with Gasteiger partial charge in [-0.25, -0.2) is 4.79 Å². The Bertz CT molecular complexity index is 770. The first-order valence-electron chi connectivity index (χ1n) is 9.06. The number of ether oxygens (including phenoxy) is 1. The van der Waals surface area contributed by atoms with Gasteiger partial charge in [-0.05, 0) is 30.5 Å². The van der Waals surface area contributed by atoms with Crippen LogP contribution in [-0.2, 0) is 16.1 Å². The summed E-state index contributed by atoms with van der Waals surface area (Å²) < 4.78 is 10.4. The van der Waals surface area contributed by atoms with E-state index in [4.69, 9.17) is 4.42 Å². The second-order valence-corrected chi connectivity index (χ2v) is 7.42. The van der Waals surface area contributed by atoms with Gasteiger partial charge in [-0.2, -0.15) is 0 Å². The predicted octanol–water partition coefficient (Wildman–Crippen LogP) is 3.31. The van der Waals surface area contributed by atoms with Gasteiger partial charge in [0.25, 0.3) is 5.22 Å². The molecule has 0 spiro atoms. The quantitative estimate of drug-likeness (QED) is 0.573. The number of benzene rings is 1. The van der Waals surface area contributed by atoms with Crippen molar-refractivity contribution >= 4 is 23.6 Å². The van der Waals surface area contributed by atoms with Crippen molar-refractivity contribution in [3.63, 3.8) is 0 Å². The highest BCUT2D eigenvalue weighted by Crippen LogP contribution is 2.32. The fourth-order valence-corrected chi connectivity index (χ4v) is 3.65. The van der Waals surface area contributed by atoms with Crippen molar-refractivity contribution in [3.8, 4) is 0 Å². The molecule has 0 aliphatic heterocycles. The maximum Gasteiger partial charge on any atom is 0.337 e. The van der Waals surface area contributed by atoms with Gasteiger partial charge in [0.05, 0.1) is 18.4 Å². The number of carbonyl (C=O) groups is 2. The molecule has 2 aromatic rings. The normalized spacial score (nSPS) is 14.7. The monoisotopic (exact) mass is 389 g/mol. The third-order valence-electron chi connectivity index (χ3n) is 4.57. The highest BCUT2D eigenvalue weighted by molar-refractivity contribution is 7.99. The summed E-state index contributed by atoms with van der Waals surface area (Å²) in [6.07, 6.45) is 5.89. The third kappa shape index (κ3) is 5.56. The SMILES string of the molecule is COC(=O)c1ccc(CNC(=O)CSc2nnc(C3CCCCC3)o2)cc1. The molecule has 0 radical (unpaired) electrons. The zero-order valence-electron chi connectivity index (χ0n) is 15.3. The molecule has 1 aromatic carbocycles. The van der Waals surface area contributed by atoms with E-state index in [2.05, 4.69) is 20.3 Å². The molecular weight excluding hydrogens is 366 g/mol. The Morgan fingerprint density at radius 3 is 2.63 bits per heavy atom. The van der Waals surface area contributed by atoms with Crippen molar-refractivity contribution in [2.75, 3.05) is 12.9 Å². The van der Waals surface area contributed by atoms with E-state index >= 15 is 0 Å². The largest absolute Gasteiger partial charge is 0.465 e. The number of hydrogen-bond donors (Lipinski definition) is 1. The zero-order chi connectivity index (χ0) is 19.1. The van der Waals surface area contributed by atoms with Gasteiger partial charge in [-0.1, -0.05) is 43.2 Å². The first kappa shape index (κ1) is 19.4. The van der Waals surface area contributed by atoms with Crippen LogP contribution in [0.4, 0.5) is 0 Å². The summed E-state index contributed by atoms with van der Waals surface area (Å²) in [6, 6.07) is 6.92. The number of carbonyl (C=O) groups excluding carboxylic acids is 2. The van der Waals surface area contributed by atoms with Crippen molar-refractivity contribution in [2.45, 2.75) is 49.8 Å². The molecular formula is C19H23N3O4S. The fraction of sp³-hybridized carbons (Fsp3) is 0.474. The topological polar surface area (TPSA) is 94.3 Å². The lowest BCUT2D eigenvalue weighted by molar-refractivity contribution is -0.118. The molecule has 1 heterocycles. The first-order valence-corrected chi connectivity index (χ1v) is 10.0. The van der Waals surface area contributed by atoms with Gasteiger partial charge in [-0.15, -0.1) is 10.2 Å². The van der Waals surface area contributed by atoms with Crippen LogP contribution in [0.3, 0.4) is 0 Å². The number of hydrogen-bond acceptors (Lipinski definition) is 7. The van der Waals surface area contributed by atoms with Gasteiger partial charge in [0.1, 0.15) is 0 Å². The van der Waals surface area contributed by atoms with E-state index in [1.165, 1.54) is 38.1 Å². The van der Waals surface area contributed by atoms with Gasteiger partial charge < -0.3 is 14.5 Å². The molecule has 1 aliphatic rings.